The highest BCUT2D eigenvalue weighted by Crippen LogP contribution is 2.22. The lowest BCUT2D eigenvalue weighted by Gasteiger charge is -2.32. The zero-order chi connectivity index (χ0) is 24.9. The van der Waals surface area contributed by atoms with Crippen LogP contribution in [0, 0.1) is 6.92 Å². The van der Waals surface area contributed by atoms with Crippen molar-refractivity contribution in [2.75, 3.05) is 0 Å². The molecular formula is C29H29N3O3S. The van der Waals surface area contributed by atoms with Gasteiger partial charge >= 0.3 is 0 Å². The molecule has 6 nitrogen and oxygen atoms in total. The van der Waals surface area contributed by atoms with Gasteiger partial charge in [0, 0.05) is 23.0 Å². The first-order valence-electron chi connectivity index (χ1n) is 12.3. The van der Waals surface area contributed by atoms with E-state index in [2.05, 4.69) is 15.6 Å². The van der Waals surface area contributed by atoms with Crippen molar-refractivity contribution in [3.63, 3.8) is 0 Å². The molecule has 1 aliphatic carbocycles. The Labute approximate surface area is 214 Å². The number of ether oxygens (including phenoxy) is 1. The maximum atomic E-state index is 13.0. The average Bonchev–Trinajstić information content (AvgIpc) is 3.38. The average molecular weight is 500 g/mol. The molecule has 1 saturated carbocycles. The largest absolute Gasteiger partial charge is 0.486 e. The topological polar surface area (TPSA) is 80.3 Å². The van der Waals surface area contributed by atoms with Gasteiger partial charge in [-0.25, -0.2) is 4.98 Å². The van der Waals surface area contributed by atoms with E-state index in [4.69, 9.17) is 4.74 Å². The zero-order valence-corrected chi connectivity index (χ0v) is 21.0. The predicted molar refractivity (Wildman–Crippen MR) is 143 cm³/mol. The maximum Gasteiger partial charge on any atom is 0.271 e. The summed E-state index contributed by atoms with van der Waals surface area (Å²) in [4.78, 5) is 30.5. The molecule has 2 N–H and O–H groups in total. The zero-order valence-electron chi connectivity index (χ0n) is 20.2. The van der Waals surface area contributed by atoms with Gasteiger partial charge in [0.15, 0.2) is 0 Å². The van der Waals surface area contributed by atoms with E-state index in [-0.39, 0.29) is 23.9 Å². The highest BCUT2D eigenvalue weighted by atomic mass is 32.1. The van der Waals surface area contributed by atoms with Crippen LogP contribution in [0.5, 0.6) is 5.75 Å². The Bertz CT molecular complexity index is 1370. The number of aromatic nitrogens is 1. The van der Waals surface area contributed by atoms with Crippen molar-refractivity contribution < 1.29 is 14.3 Å². The lowest BCUT2D eigenvalue weighted by atomic mass is 9.90. The van der Waals surface area contributed by atoms with Gasteiger partial charge in [-0.15, -0.1) is 11.3 Å². The van der Waals surface area contributed by atoms with Gasteiger partial charge in [-0.3, -0.25) is 9.59 Å². The standard InChI is InChI=1S/C29H29N3O3S/c1-19-10-14-23(15-11-19)35-17-27-30-26(18-36-27)29(34)32-25-9-5-4-8-24(25)31-28(33)22-13-12-20-6-2-3-7-21(20)16-22/h2-3,6-7,10-16,18,24-25H,4-5,8-9,17H2,1H3,(H,31,33)(H,32,34)/t24-,25-/m1/s1. The minimum Gasteiger partial charge on any atom is -0.486 e. The Hall–Kier alpha value is -3.71. The number of carbonyl (C=O) groups excluding carboxylic acids is 2. The molecule has 1 fully saturated rings. The number of aryl methyl sites for hydroxylation is 1. The maximum absolute atomic E-state index is 13.0. The molecule has 1 aliphatic rings. The highest BCUT2D eigenvalue weighted by Gasteiger charge is 2.29. The fourth-order valence-corrected chi connectivity index (χ4v) is 5.25. The van der Waals surface area contributed by atoms with Crippen LogP contribution in [0.4, 0.5) is 0 Å². The minimum absolute atomic E-state index is 0.115. The minimum atomic E-state index is -0.218. The Balaban J connectivity index is 1.19. The van der Waals surface area contributed by atoms with Crippen molar-refractivity contribution in [2.24, 2.45) is 0 Å². The first-order valence-corrected chi connectivity index (χ1v) is 13.2. The van der Waals surface area contributed by atoms with Crippen LogP contribution in [0.1, 0.15) is 57.1 Å². The number of amides is 2. The number of nitrogens with zero attached hydrogens (tertiary/aromatic N) is 1. The summed E-state index contributed by atoms with van der Waals surface area (Å²) in [5.41, 5.74) is 2.18. The van der Waals surface area contributed by atoms with Crippen LogP contribution < -0.4 is 15.4 Å². The number of hydrogen-bond donors (Lipinski definition) is 2. The predicted octanol–water partition coefficient (Wildman–Crippen LogP) is 5.65. The number of rotatable bonds is 7. The molecule has 0 radical (unpaired) electrons. The lowest BCUT2D eigenvalue weighted by Crippen LogP contribution is -2.53. The van der Waals surface area contributed by atoms with Gasteiger partial charge < -0.3 is 15.4 Å². The summed E-state index contributed by atoms with van der Waals surface area (Å²) in [7, 11) is 0. The monoisotopic (exact) mass is 499 g/mol. The summed E-state index contributed by atoms with van der Waals surface area (Å²) >= 11 is 1.41. The summed E-state index contributed by atoms with van der Waals surface area (Å²) < 4.78 is 5.79. The number of fused-ring (bicyclic) bond motifs is 1. The first-order chi connectivity index (χ1) is 17.5. The van der Waals surface area contributed by atoms with E-state index in [0.717, 1.165) is 47.2 Å². The van der Waals surface area contributed by atoms with E-state index in [1.807, 2.05) is 73.7 Å². The van der Waals surface area contributed by atoms with Gasteiger partial charge in [0.25, 0.3) is 11.8 Å². The van der Waals surface area contributed by atoms with Crippen molar-refractivity contribution in [2.45, 2.75) is 51.3 Å². The molecule has 1 aromatic heterocycles. The van der Waals surface area contributed by atoms with Crippen LogP contribution in [0.3, 0.4) is 0 Å². The molecule has 4 aromatic rings. The summed E-state index contributed by atoms with van der Waals surface area (Å²) in [5.74, 6) is 0.440. The molecule has 0 saturated heterocycles. The van der Waals surface area contributed by atoms with Crippen LogP contribution in [0.2, 0.25) is 0 Å². The van der Waals surface area contributed by atoms with Crippen LogP contribution in [0.25, 0.3) is 10.8 Å². The van der Waals surface area contributed by atoms with E-state index < -0.39 is 0 Å². The molecular weight excluding hydrogens is 470 g/mol. The molecule has 3 aromatic carbocycles. The summed E-state index contributed by atoms with van der Waals surface area (Å²) in [5, 5.41) is 10.9. The molecule has 5 rings (SSSR count). The van der Waals surface area contributed by atoms with E-state index in [0.29, 0.717) is 17.9 Å². The number of benzene rings is 3. The third-order valence-electron chi connectivity index (χ3n) is 6.58. The van der Waals surface area contributed by atoms with Gasteiger partial charge in [0.2, 0.25) is 0 Å². The Morgan fingerprint density at radius 2 is 1.61 bits per heavy atom. The highest BCUT2D eigenvalue weighted by molar-refractivity contribution is 7.09. The van der Waals surface area contributed by atoms with Crippen LogP contribution in [-0.4, -0.2) is 28.9 Å². The molecule has 184 valence electrons. The van der Waals surface area contributed by atoms with Crippen LogP contribution in [0.15, 0.2) is 72.1 Å². The Morgan fingerprint density at radius 3 is 2.36 bits per heavy atom. The molecule has 0 unspecified atom stereocenters. The van der Waals surface area contributed by atoms with E-state index in [1.54, 1.807) is 5.38 Å². The summed E-state index contributed by atoms with van der Waals surface area (Å²) in [6, 6.07) is 21.3. The molecule has 0 bridgehead atoms. The van der Waals surface area contributed by atoms with Gasteiger partial charge in [0.1, 0.15) is 23.1 Å². The number of carbonyl (C=O) groups is 2. The van der Waals surface area contributed by atoms with Crippen molar-refractivity contribution >= 4 is 33.9 Å². The van der Waals surface area contributed by atoms with E-state index >= 15 is 0 Å². The molecule has 7 heteroatoms. The lowest BCUT2D eigenvalue weighted by molar-refractivity contribution is 0.0860. The third-order valence-corrected chi connectivity index (χ3v) is 7.40. The normalized spacial score (nSPS) is 17.5. The Kier molecular flexibility index (Phi) is 7.28. The number of nitrogens with one attached hydrogen (secondary N) is 2. The van der Waals surface area contributed by atoms with Crippen LogP contribution >= 0.6 is 11.3 Å². The first kappa shape index (κ1) is 24.0. The molecule has 2 atom stereocenters. The van der Waals surface area contributed by atoms with E-state index in [1.165, 1.54) is 16.9 Å². The van der Waals surface area contributed by atoms with Gasteiger partial charge in [-0.05, 0) is 54.8 Å². The molecule has 36 heavy (non-hydrogen) atoms. The molecule has 1 heterocycles. The third kappa shape index (κ3) is 5.74. The second-order valence-corrected chi connectivity index (χ2v) is 10.2. The quantitative estimate of drug-likeness (QED) is 0.344. The van der Waals surface area contributed by atoms with Gasteiger partial charge in [-0.1, -0.05) is 60.9 Å². The van der Waals surface area contributed by atoms with E-state index in [9.17, 15) is 9.59 Å². The summed E-state index contributed by atoms with van der Waals surface area (Å²) in [6.07, 6.45) is 3.69. The van der Waals surface area contributed by atoms with Crippen molar-refractivity contribution in [1.82, 2.24) is 15.6 Å². The van der Waals surface area contributed by atoms with Gasteiger partial charge in [0.05, 0.1) is 0 Å². The second-order valence-electron chi connectivity index (χ2n) is 9.23. The smallest absolute Gasteiger partial charge is 0.271 e. The fraction of sp³-hybridized carbons (Fsp3) is 0.276. The molecule has 0 spiro atoms. The fourth-order valence-electron chi connectivity index (χ4n) is 4.56. The SMILES string of the molecule is Cc1ccc(OCc2nc(C(=O)N[C@@H]3CCCC[C@H]3NC(=O)c3ccc4ccccc4c3)cs2)cc1. The van der Waals surface area contributed by atoms with Gasteiger partial charge in [-0.2, -0.15) is 0 Å². The molecule has 0 aliphatic heterocycles. The number of hydrogen-bond acceptors (Lipinski definition) is 5. The van der Waals surface area contributed by atoms with Crippen molar-refractivity contribution in [3.8, 4) is 5.75 Å². The van der Waals surface area contributed by atoms with Crippen LogP contribution in [-0.2, 0) is 6.61 Å². The Morgan fingerprint density at radius 1 is 0.917 bits per heavy atom. The summed E-state index contributed by atoms with van der Waals surface area (Å²) in [6.45, 7) is 2.34. The van der Waals surface area contributed by atoms with Crippen molar-refractivity contribution in [1.29, 1.82) is 0 Å². The second kappa shape index (κ2) is 10.9. The number of thiazole rings is 1. The van der Waals surface area contributed by atoms with Crippen molar-refractivity contribution in [3.05, 3.63) is 93.9 Å². The molecule has 2 amide bonds.